The maximum atomic E-state index is 3.52. The van der Waals surface area contributed by atoms with Gasteiger partial charge >= 0.3 is 0 Å². The molecule has 0 aromatic rings. The molecule has 0 radical (unpaired) electrons. The molecule has 0 aliphatic rings. The molecule has 0 unspecified atom stereocenters. The fraction of sp³-hybridized carbons (Fsp3) is 0.750. The molecule has 0 amide bonds. The summed E-state index contributed by atoms with van der Waals surface area (Å²) in [6.45, 7) is 12.1. The van der Waals surface area contributed by atoms with Gasteiger partial charge in [0.15, 0.2) is 0 Å². The van der Waals surface area contributed by atoms with Crippen LogP contribution in [0.4, 0.5) is 0 Å². The van der Waals surface area contributed by atoms with Crippen molar-refractivity contribution in [3.63, 3.8) is 0 Å². The molecule has 0 aromatic carbocycles. The highest BCUT2D eigenvalue weighted by atomic mass is 14.9. The predicted molar refractivity (Wildman–Crippen MR) is 82.9 cm³/mol. The standard InChI is InChI=1S/C16H32N2/c1-15(2)10-6-8-13-18-14-16(3,4)11-7-9-12-17-5/h6-7,10-11,15,17-18H,8-9,12-14H2,1-5H3/b10-6+,11-7+. The molecule has 2 nitrogen and oxygen atoms in total. The summed E-state index contributed by atoms with van der Waals surface area (Å²) in [6, 6.07) is 0. The van der Waals surface area contributed by atoms with E-state index in [4.69, 9.17) is 0 Å². The van der Waals surface area contributed by atoms with E-state index in [0.29, 0.717) is 5.92 Å². The van der Waals surface area contributed by atoms with Crippen molar-refractivity contribution in [2.45, 2.75) is 40.5 Å². The molecule has 2 heteroatoms. The Morgan fingerprint density at radius 1 is 1.06 bits per heavy atom. The molecule has 0 bridgehead atoms. The monoisotopic (exact) mass is 252 g/mol. The lowest BCUT2D eigenvalue weighted by atomic mass is 9.92. The normalized spacial score (nSPS) is 13.2. The molecule has 0 aliphatic heterocycles. The maximum absolute atomic E-state index is 3.52. The molecule has 0 atom stereocenters. The van der Waals surface area contributed by atoms with E-state index in [0.717, 1.165) is 32.5 Å². The summed E-state index contributed by atoms with van der Waals surface area (Å²) in [7, 11) is 1.99. The van der Waals surface area contributed by atoms with Crippen LogP contribution in [0.5, 0.6) is 0 Å². The third-order valence-corrected chi connectivity index (χ3v) is 2.72. The van der Waals surface area contributed by atoms with Gasteiger partial charge in [0, 0.05) is 6.54 Å². The van der Waals surface area contributed by atoms with E-state index in [1.54, 1.807) is 0 Å². The van der Waals surface area contributed by atoms with Crippen LogP contribution in [0.25, 0.3) is 0 Å². The van der Waals surface area contributed by atoms with Crippen molar-refractivity contribution in [2.75, 3.05) is 26.7 Å². The lowest BCUT2D eigenvalue weighted by Crippen LogP contribution is -2.28. The highest BCUT2D eigenvalue weighted by Crippen LogP contribution is 2.15. The van der Waals surface area contributed by atoms with Gasteiger partial charge in [-0.25, -0.2) is 0 Å². The van der Waals surface area contributed by atoms with E-state index in [1.807, 2.05) is 7.05 Å². The molecule has 0 rings (SSSR count). The second-order valence-corrected chi connectivity index (χ2v) is 5.92. The Hall–Kier alpha value is -0.600. The third-order valence-electron chi connectivity index (χ3n) is 2.72. The average molecular weight is 252 g/mol. The minimum atomic E-state index is 0.246. The van der Waals surface area contributed by atoms with Gasteiger partial charge in [-0.1, -0.05) is 52.0 Å². The Morgan fingerprint density at radius 2 is 1.72 bits per heavy atom. The average Bonchev–Trinajstić information content (AvgIpc) is 2.29. The maximum Gasteiger partial charge on any atom is 0.00373 e. The molecule has 0 heterocycles. The molecular formula is C16H32N2. The second kappa shape index (κ2) is 10.3. The van der Waals surface area contributed by atoms with E-state index in [-0.39, 0.29) is 5.41 Å². The Kier molecular flexibility index (Phi) is 9.99. The lowest BCUT2D eigenvalue weighted by Gasteiger charge is -2.20. The smallest absolute Gasteiger partial charge is 0.00373 e. The fourth-order valence-corrected chi connectivity index (χ4v) is 1.65. The number of allylic oxidation sites excluding steroid dienone is 1. The Labute approximate surface area is 114 Å². The first-order valence-corrected chi connectivity index (χ1v) is 7.17. The van der Waals surface area contributed by atoms with Gasteiger partial charge in [-0.05, 0) is 44.3 Å². The van der Waals surface area contributed by atoms with Crippen LogP contribution in [-0.2, 0) is 0 Å². The van der Waals surface area contributed by atoms with Crippen LogP contribution >= 0.6 is 0 Å². The van der Waals surface area contributed by atoms with Crippen molar-refractivity contribution < 1.29 is 0 Å². The van der Waals surface area contributed by atoms with Gasteiger partial charge in [-0.15, -0.1) is 0 Å². The first-order valence-electron chi connectivity index (χ1n) is 7.17. The molecule has 2 N–H and O–H groups in total. The Bertz CT molecular complexity index is 239. The highest BCUT2D eigenvalue weighted by Gasteiger charge is 2.11. The number of hydrogen-bond donors (Lipinski definition) is 2. The third kappa shape index (κ3) is 11.9. The highest BCUT2D eigenvalue weighted by molar-refractivity contribution is 4.96. The van der Waals surface area contributed by atoms with E-state index in [2.05, 4.69) is 62.6 Å². The molecule has 106 valence electrons. The van der Waals surface area contributed by atoms with Crippen molar-refractivity contribution in [1.82, 2.24) is 10.6 Å². The second-order valence-electron chi connectivity index (χ2n) is 5.92. The summed E-state index contributed by atoms with van der Waals surface area (Å²) < 4.78 is 0. The number of hydrogen-bond acceptors (Lipinski definition) is 2. The van der Waals surface area contributed by atoms with Crippen molar-refractivity contribution >= 4 is 0 Å². The van der Waals surface area contributed by atoms with Crippen LogP contribution in [-0.4, -0.2) is 26.7 Å². The van der Waals surface area contributed by atoms with Crippen LogP contribution in [0.1, 0.15) is 40.5 Å². The Balaban J connectivity index is 3.66. The molecule has 0 aliphatic carbocycles. The molecule has 0 saturated heterocycles. The fourth-order valence-electron chi connectivity index (χ4n) is 1.65. The summed E-state index contributed by atoms with van der Waals surface area (Å²) >= 11 is 0. The number of rotatable bonds is 10. The van der Waals surface area contributed by atoms with Gasteiger partial charge in [0.25, 0.3) is 0 Å². The molecule has 18 heavy (non-hydrogen) atoms. The summed E-state index contributed by atoms with van der Waals surface area (Å²) in [5.41, 5.74) is 0.246. The molecular weight excluding hydrogens is 220 g/mol. The van der Waals surface area contributed by atoms with Gasteiger partial charge in [0.05, 0.1) is 0 Å². The minimum Gasteiger partial charge on any atom is -0.319 e. The zero-order chi connectivity index (χ0) is 13.9. The molecule has 0 spiro atoms. The van der Waals surface area contributed by atoms with Crippen LogP contribution in [0.3, 0.4) is 0 Å². The van der Waals surface area contributed by atoms with Crippen LogP contribution in [0.2, 0.25) is 0 Å². The van der Waals surface area contributed by atoms with Crippen LogP contribution in [0, 0.1) is 11.3 Å². The topological polar surface area (TPSA) is 24.1 Å². The minimum absolute atomic E-state index is 0.246. The van der Waals surface area contributed by atoms with E-state index in [1.165, 1.54) is 0 Å². The summed E-state index contributed by atoms with van der Waals surface area (Å²) in [5, 5.41) is 6.68. The zero-order valence-electron chi connectivity index (χ0n) is 12.9. The molecule has 0 aromatic heterocycles. The SMILES string of the molecule is CNCC/C=C/C(C)(C)CNCC/C=C/C(C)C. The molecule has 0 fully saturated rings. The molecule has 0 saturated carbocycles. The van der Waals surface area contributed by atoms with Crippen molar-refractivity contribution in [2.24, 2.45) is 11.3 Å². The zero-order valence-corrected chi connectivity index (χ0v) is 12.9. The van der Waals surface area contributed by atoms with Gasteiger partial charge < -0.3 is 10.6 Å². The lowest BCUT2D eigenvalue weighted by molar-refractivity contribution is 0.435. The van der Waals surface area contributed by atoms with E-state index >= 15 is 0 Å². The van der Waals surface area contributed by atoms with E-state index in [9.17, 15) is 0 Å². The Morgan fingerprint density at radius 3 is 2.33 bits per heavy atom. The van der Waals surface area contributed by atoms with Gasteiger partial charge in [0.2, 0.25) is 0 Å². The quantitative estimate of drug-likeness (QED) is 0.460. The first-order chi connectivity index (χ1) is 8.48. The van der Waals surface area contributed by atoms with Gasteiger partial charge in [-0.2, -0.15) is 0 Å². The van der Waals surface area contributed by atoms with E-state index < -0.39 is 0 Å². The van der Waals surface area contributed by atoms with Crippen LogP contribution in [0.15, 0.2) is 24.3 Å². The van der Waals surface area contributed by atoms with Crippen molar-refractivity contribution in [1.29, 1.82) is 0 Å². The summed E-state index contributed by atoms with van der Waals surface area (Å²) in [5.74, 6) is 0.663. The van der Waals surface area contributed by atoms with Crippen molar-refractivity contribution in [3.05, 3.63) is 24.3 Å². The first kappa shape index (κ1) is 17.4. The van der Waals surface area contributed by atoms with Crippen molar-refractivity contribution in [3.8, 4) is 0 Å². The summed E-state index contributed by atoms with van der Waals surface area (Å²) in [4.78, 5) is 0. The van der Waals surface area contributed by atoms with Gasteiger partial charge in [0.1, 0.15) is 0 Å². The largest absolute Gasteiger partial charge is 0.319 e. The summed E-state index contributed by atoms with van der Waals surface area (Å²) in [6.07, 6.45) is 11.4. The number of nitrogens with one attached hydrogen (secondary N) is 2. The predicted octanol–water partition coefficient (Wildman–Crippen LogP) is 3.37. The van der Waals surface area contributed by atoms with Gasteiger partial charge in [-0.3, -0.25) is 0 Å². The van der Waals surface area contributed by atoms with Crippen LogP contribution < -0.4 is 10.6 Å².